The third kappa shape index (κ3) is 5.91. The minimum Gasteiger partial charge on any atom is -0.299 e. The Morgan fingerprint density at radius 3 is 2.75 bits per heavy atom. The smallest absolute Gasteiger partial charge is 0.299 e. The van der Waals surface area contributed by atoms with E-state index in [0.717, 1.165) is 0 Å². The van der Waals surface area contributed by atoms with Gasteiger partial charge in [-0.05, 0) is 0 Å². The van der Waals surface area contributed by atoms with E-state index in [1.54, 1.807) is 0 Å². The zero-order valence-corrected chi connectivity index (χ0v) is 6.10. The number of alkyl halides is 1. The largest absolute Gasteiger partial charge is 0.339 e. The molecule has 48 valence electrons. The highest BCUT2D eigenvalue weighted by molar-refractivity contribution is 9.09. The lowest BCUT2D eigenvalue weighted by molar-refractivity contribution is -0.266. The molecule has 0 unspecified atom stereocenters. The van der Waals surface area contributed by atoms with E-state index >= 15 is 0 Å². The van der Waals surface area contributed by atoms with Crippen molar-refractivity contribution in [3.8, 4) is 0 Å². The van der Waals surface area contributed by atoms with Gasteiger partial charge in [-0.3, -0.25) is 4.89 Å². The van der Waals surface area contributed by atoms with Crippen molar-refractivity contribution >= 4 is 21.9 Å². The van der Waals surface area contributed by atoms with Crippen molar-refractivity contribution in [2.75, 3.05) is 11.9 Å². The van der Waals surface area contributed by atoms with Gasteiger partial charge in [-0.2, -0.15) is 4.89 Å². The fourth-order valence-electron chi connectivity index (χ4n) is 0.156. The Labute approximate surface area is 56.0 Å². The van der Waals surface area contributed by atoms with Gasteiger partial charge < -0.3 is 0 Å². The molecule has 0 spiro atoms. The molecule has 0 amide bonds. The molecule has 8 heavy (non-hydrogen) atoms. The van der Waals surface area contributed by atoms with E-state index in [2.05, 4.69) is 25.7 Å². The van der Waals surface area contributed by atoms with Gasteiger partial charge in [-0.25, -0.2) is 4.79 Å². The van der Waals surface area contributed by atoms with Crippen LogP contribution >= 0.6 is 15.9 Å². The van der Waals surface area contributed by atoms with Gasteiger partial charge in [-0.1, -0.05) is 15.9 Å². The molecule has 0 fully saturated rings. The number of rotatable bonds is 3. The first kappa shape index (κ1) is 7.91. The lowest BCUT2D eigenvalue weighted by Crippen LogP contribution is -2.01. The molecule has 0 radical (unpaired) electrons. The zero-order chi connectivity index (χ0) is 6.41. The molecule has 0 bridgehead atoms. The van der Waals surface area contributed by atoms with E-state index in [1.165, 1.54) is 6.92 Å². The predicted octanol–water partition coefficient (Wildman–Crippen LogP) is 0.876. The van der Waals surface area contributed by atoms with E-state index in [9.17, 15) is 4.79 Å². The minimum atomic E-state index is -0.425. The molecule has 0 heterocycles. The lowest BCUT2D eigenvalue weighted by atomic mass is 10.8. The molecular formula is C4H7BrO3. The molecular weight excluding hydrogens is 176 g/mol. The summed E-state index contributed by atoms with van der Waals surface area (Å²) in [6.07, 6.45) is 0. The monoisotopic (exact) mass is 182 g/mol. The lowest BCUT2D eigenvalue weighted by Gasteiger charge is -1.95. The van der Waals surface area contributed by atoms with Crippen LogP contribution in [0.2, 0.25) is 0 Å². The van der Waals surface area contributed by atoms with Crippen LogP contribution in [0.4, 0.5) is 0 Å². The highest BCUT2D eigenvalue weighted by atomic mass is 79.9. The van der Waals surface area contributed by atoms with Crippen molar-refractivity contribution in [1.29, 1.82) is 0 Å². The fraction of sp³-hybridized carbons (Fsp3) is 0.750. The van der Waals surface area contributed by atoms with Crippen LogP contribution in [-0.2, 0) is 14.6 Å². The fourth-order valence-corrected chi connectivity index (χ4v) is 0.288. The standard InChI is InChI=1S/C4H7BrO3/c1-4(6)8-7-3-2-5/h2-3H2,1H3. The second-order valence-electron chi connectivity index (χ2n) is 1.09. The second kappa shape index (κ2) is 5.05. The molecule has 0 N–H and O–H groups in total. The number of carbonyl (C=O) groups is 1. The van der Waals surface area contributed by atoms with Crippen molar-refractivity contribution in [3.63, 3.8) is 0 Å². The second-order valence-corrected chi connectivity index (χ2v) is 1.88. The van der Waals surface area contributed by atoms with Crippen LogP contribution in [0.3, 0.4) is 0 Å². The molecule has 0 aliphatic heterocycles. The first-order valence-electron chi connectivity index (χ1n) is 2.13. The molecule has 0 aromatic carbocycles. The zero-order valence-electron chi connectivity index (χ0n) is 4.52. The Balaban J connectivity index is 2.82. The van der Waals surface area contributed by atoms with E-state index in [4.69, 9.17) is 0 Å². The van der Waals surface area contributed by atoms with E-state index < -0.39 is 5.97 Å². The van der Waals surface area contributed by atoms with Gasteiger partial charge >= 0.3 is 5.97 Å². The van der Waals surface area contributed by atoms with Gasteiger partial charge in [0.25, 0.3) is 0 Å². The summed E-state index contributed by atoms with van der Waals surface area (Å²) in [5, 5.41) is 0.667. The minimum absolute atomic E-state index is 0.388. The van der Waals surface area contributed by atoms with Crippen LogP contribution < -0.4 is 0 Å². The normalized spacial score (nSPS) is 8.75. The number of hydrogen-bond acceptors (Lipinski definition) is 3. The van der Waals surface area contributed by atoms with Crippen LogP contribution in [0.1, 0.15) is 6.92 Å². The van der Waals surface area contributed by atoms with Gasteiger partial charge in [0.05, 0.1) is 0 Å². The summed E-state index contributed by atoms with van der Waals surface area (Å²) in [5.74, 6) is -0.425. The van der Waals surface area contributed by atoms with Crippen LogP contribution in [0, 0.1) is 0 Å². The van der Waals surface area contributed by atoms with Crippen LogP contribution in [-0.4, -0.2) is 17.9 Å². The summed E-state index contributed by atoms with van der Waals surface area (Å²) in [7, 11) is 0. The molecule has 0 saturated heterocycles. The van der Waals surface area contributed by atoms with E-state index in [-0.39, 0.29) is 0 Å². The van der Waals surface area contributed by atoms with Gasteiger partial charge in [0.1, 0.15) is 6.61 Å². The van der Waals surface area contributed by atoms with Crippen LogP contribution in [0.15, 0.2) is 0 Å². The summed E-state index contributed by atoms with van der Waals surface area (Å²) in [6, 6.07) is 0. The SMILES string of the molecule is CC(=O)OOCCBr. The quantitative estimate of drug-likeness (QED) is 0.282. The summed E-state index contributed by atoms with van der Waals surface area (Å²) < 4.78 is 0. The number of halogens is 1. The Kier molecular flexibility index (Phi) is 5.00. The van der Waals surface area contributed by atoms with E-state index in [0.29, 0.717) is 11.9 Å². The van der Waals surface area contributed by atoms with Crippen LogP contribution in [0.25, 0.3) is 0 Å². The van der Waals surface area contributed by atoms with E-state index in [1.807, 2.05) is 0 Å². The van der Waals surface area contributed by atoms with Gasteiger partial charge in [0.2, 0.25) is 0 Å². The summed E-state index contributed by atoms with van der Waals surface area (Å²) in [6.45, 7) is 1.67. The third-order valence-electron chi connectivity index (χ3n) is 0.337. The first-order chi connectivity index (χ1) is 3.77. The average Bonchev–Trinajstić information content (AvgIpc) is 1.66. The highest BCUT2D eigenvalue weighted by Crippen LogP contribution is 1.83. The maximum atomic E-state index is 9.96. The third-order valence-corrected chi connectivity index (χ3v) is 0.661. The number of hydrogen-bond donors (Lipinski definition) is 0. The van der Waals surface area contributed by atoms with Crippen molar-refractivity contribution in [1.82, 2.24) is 0 Å². The molecule has 0 aromatic rings. The van der Waals surface area contributed by atoms with Crippen LogP contribution in [0.5, 0.6) is 0 Å². The predicted molar refractivity (Wildman–Crippen MR) is 31.5 cm³/mol. The van der Waals surface area contributed by atoms with Crippen molar-refractivity contribution in [2.24, 2.45) is 0 Å². The Hall–Kier alpha value is -0.0900. The topological polar surface area (TPSA) is 35.5 Å². The summed E-state index contributed by atoms with van der Waals surface area (Å²) in [4.78, 5) is 18.4. The van der Waals surface area contributed by atoms with Gasteiger partial charge in [0, 0.05) is 12.3 Å². The molecule has 0 atom stereocenters. The highest BCUT2D eigenvalue weighted by Gasteiger charge is 1.89. The van der Waals surface area contributed by atoms with Gasteiger partial charge in [-0.15, -0.1) is 0 Å². The van der Waals surface area contributed by atoms with Crippen molar-refractivity contribution in [2.45, 2.75) is 6.92 Å². The molecule has 0 aliphatic rings. The molecule has 0 rings (SSSR count). The van der Waals surface area contributed by atoms with Gasteiger partial charge in [0.15, 0.2) is 0 Å². The van der Waals surface area contributed by atoms with Crippen molar-refractivity contribution < 1.29 is 14.6 Å². The number of carbonyl (C=O) groups excluding carboxylic acids is 1. The summed E-state index contributed by atoms with van der Waals surface area (Å²) in [5.41, 5.74) is 0. The maximum Gasteiger partial charge on any atom is 0.339 e. The molecule has 0 aliphatic carbocycles. The molecule has 3 nitrogen and oxygen atoms in total. The molecule has 0 aromatic heterocycles. The average molecular weight is 183 g/mol. The maximum absolute atomic E-state index is 9.96. The Bertz CT molecular complexity index is 73.7. The first-order valence-corrected chi connectivity index (χ1v) is 3.25. The summed E-state index contributed by atoms with van der Waals surface area (Å²) >= 11 is 3.08. The van der Waals surface area contributed by atoms with Crippen molar-refractivity contribution in [3.05, 3.63) is 0 Å². The molecule has 0 saturated carbocycles. The Morgan fingerprint density at radius 1 is 1.75 bits per heavy atom. The Morgan fingerprint density at radius 2 is 2.38 bits per heavy atom. The molecule has 4 heteroatoms.